The predicted molar refractivity (Wildman–Crippen MR) is 75.1 cm³/mol. The van der Waals surface area contributed by atoms with Crippen LogP contribution in [0.1, 0.15) is 30.6 Å². The quantitative estimate of drug-likeness (QED) is 0.904. The number of rotatable bonds is 4. The molecule has 0 spiro atoms. The minimum Gasteiger partial charge on any atom is -0.391 e. The summed E-state index contributed by atoms with van der Waals surface area (Å²) in [6, 6.07) is 1.66. The van der Waals surface area contributed by atoms with Crippen molar-refractivity contribution in [2.45, 2.75) is 43.2 Å². The Morgan fingerprint density at radius 1 is 1.50 bits per heavy atom. The first-order valence-electron chi connectivity index (χ1n) is 5.84. The molecule has 0 aromatic carbocycles. The molecule has 1 aliphatic carbocycles. The summed E-state index contributed by atoms with van der Waals surface area (Å²) in [4.78, 5) is 0.922. The second-order valence-electron chi connectivity index (χ2n) is 4.47. The van der Waals surface area contributed by atoms with Crippen LogP contribution in [-0.2, 0) is 16.6 Å². The van der Waals surface area contributed by atoms with Crippen molar-refractivity contribution in [1.29, 1.82) is 0 Å². The van der Waals surface area contributed by atoms with Crippen molar-refractivity contribution < 1.29 is 13.5 Å². The Labute approximate surface area is 120 Å². The molecule has 18 heavy (non-hydrogen) atoms. The summed E-state index contributed by atoms with van der Waals surface area (Å²) in [5, 5.41) is 9.07. The first-order valence-corrected chi connectivity index (χ1v) is 8.89. The molecule has 1 aliphatic rings. The van der Waals surface area contributed by atoms with E-state index in [1.165, 1.54) is 15.6 Å². The second kappa shape index (κ2) is 5.58. The van der Waals surface area contributed by atoms with E-state index in [0.29, 0.717) is 8.66 Å². The summed E-state index contributed by atoms with van der Waals surface area (Å²) in [6.45, 7) is -0.133. The molecule has 1 aromatic rings. The van der Waals surface area contributed by atoms with E-state index in [1.807, 2.05) is 0 Å². The summed E-state index contributed by atoms with van der Waals surface area (Å²) in [6.07, 6.45) is 4.06. The molecule has 1 aromatic heterocycles. The van der Waals surface area contributed by atoms with E-state index in [2.05, 4.69) is 15.9 Å². The van der Waals surface area contributed by atoms with Gasteiger partial charge < -0.3 is 5.11 Å². The van der Waals surface area contributed by atoms with Gasteiger partial charge in [-0.1, -0.05) is 12.8 Å². The number of hydrogen-bond acceptors (Lipinski definition) is 4. The molecule has 0 bridgehead atoms. The number of sulfonamides is 1. The molecule has 0 unspecified atom stereocenters. The predicted octanol–water partition coefficient (Wildman–Crippen LogP) is 2.57. The number of nitrogens with zero attached hydrogens (tertiary/aromatic N) is 1. The van der Waals surface area contributed by atoms with E-state index in [-0.39, 0.29) is 17.5 Å². The zero-order chi connectivity index (χ0) is 13.3. The van der Waals surface area contributed by atoms with E-state index in [0.717, 1.165) is 25.7 Å². The standard InChI is InChI=1S/C11H16BrNO3S2/c1-13(8-4-2-3-5-8)18(15,16)10-6-9(7-14)17-11(10)12/h6,8,14H,2-5,7H2,1H3. The normalized spacial score (nSPS) is 17.8. The van der Waals surface area contributed by atoms with Crippen LogP contribution in [0.2, 0.25) is 0 Å². The average Bonchev–Trinajstić information content (AvgIpc) is 2.96. The Balaban J connectivity index is 2.31. The first kappa shape index (κ1) is 14.5. The summed E-state index contributed by atoms with van der Waals surface area (Å²) < 4.78 is 27.0. The van der Waals surface area contributed by atoms with Crippen molar-refractivity contribution in [3.8, 4) is 0 Å². The third-order valence-electron chi connectivity index (χ3n) is 3.36. The van der Waals surface area contributed by atoms with Gasteiger partial charge in [-0.2, -0.15) is 4.31 Å². The van der Waals surface area contributed by atoms with Gasteiger partial charge in [0.2, 0.25) is 10.0 Å². The van der Waals surface area contributed by atoms with E-state index < -0.39 is 10.0 Å². The van der Waals surface area contributed by atoms with Gasteiger partial charge in [-0.05, 0) is 34.8 Å². The fourth-order valence-electron chi connectivity index (χ4n) is 2.27. The monoisotopic (exact) mass is 353 g/mol. The lowest BCUT2D eigenvalue weighted by atomic mass is 10.3. The lowest BCUT2D eigenvalue weighted by molar-refractivity contribution is 0.285. The van der Waals surface area contributed by atoms with Gasteiger partial charge in [-0.3, -0.25) is 0 Å². The molecule has 0 aliphatic heterocycles. The maximum atomic E-state index is 12.5. The van der Waals surface area contributed by atoms with Gasteiger partial charge >= 0.3 is 0 Å². The van der Waals surface area contributed by atoms with Crippen LogP contribution in [0, 0.1) is 0 Å². The highest BCUT2D eigenvalue weighted by Gasteiger charge is 2.32. The Morgan fingerprint density at radius 2 is 2.11 bits per heavy atom. The van der Waals surface area contributed by atoms with Gasteiger partial charge in [0.25, 0.3) is 0 Å². The van der Waals surface area contributed by atoms with Gasteiger partial charge in [0, 0.05) is 18.0 Å². The molecule has 1 saturated carbocycles. The van der Waals surface area contributed by atoms with Crippen LogP contribution in [-0.4, -0.2) is 30.9 Å². The maximum Gasteiger partial charge on any atom is 0.245 e. The number of halogens is 1. The SMILES string of the molecule is CN(C1CCCC1)S(=O)(=O)c1cc(CO)sc1Br. The van der Waals surface area contributed by atoms with Gasteiger partial charge in [0.15, 0.2) is 0 Å². The molecule has 0 atom stereocenters. The van der Waals surface area contributed by atoms with Gasteiger partial charge in [0.1, 0.15) is 4.90 Å². The zero-order valence-corrected chi connectivity index (χ0v) is 13.3. The van der Waals surface area contributed by atoms with Crippen LogP contribution < -0.4 is 0 Å². The molecule has 102 valence electrons. The van der Waals surface area contributed by atoms with Crippen molar-refractivity contribution in [2.75, 3.05) is 7.05 Å². The molecule has 0 radical (unpaired) electrons. The molecule has 1 N–H and O–H groups in total. The Bertz CT molecular complexity index is 520. The van der Waals surface area contributed by atoms with Crippen LogP contribution in [0.4, 0.5) is 0 Å². The molecule has 1 fully saturated rings. The molecule has 0 amide bonds. The molecule has 0 saturated heterocycles. The molecule has 2 rings (SSSR count). The second-order valence-corrected chi connectivity index (χ2v) is 8.89. The lowest BCUT2D eigenvalue weighted by Crippen LogP contribution is -2.35. The third-order valence-corrected chi connectivity index (χ3v) is 7.51. The molecular weight excluding hydrogens is 338 g/mol. The zero-order valence-electron chi connectivity index (χ0n) is 10.1. The van der Waals surface area contributed by atoms with Crippen molar-refractivity contribution in [1.82, 2.24) is 4.31 Å². The fraction of sp³-hybridized carbons (Fsp3) is 0.636. The van der Waals surface area contributed by atoms with E-state index in [4.69, 9.17) is 5.11 Å². The maximum absolute atomic E-state index is 12.5. The number of aliphatic hydroxyl groups excluding tert-OH is 1. The highest BCUT2D eigenvalue weighted by molar-refractivity contribution is 9.11. The third kappa shape index (κ3) is 2.65. The van der Waals surface area contributed by atoms with Crippen molar-refractivity contribution in [2.24, 2.45) is 0 Å². The minimum absolute atomic E-state index is 0.111. The molecule has 7 heteroatoms. The Kier molecular flexibility index (Phi) is 4.48. The van der Waals surface area contributed by atoms with E-state index >= 15 is 0 Å². The van der Waals surface area contributed by atoms with Crippen molar-refractivity contribution in [3.63, 3.8) is 0 Å². The number of hydrogen-bond donors (Lipinski definition) is 1. The minimum atomic E-state index is -3.46. The lowest BCUT2D eigenvalue weighted by Gasteiger charge is -2.23. The van der Waals surface area contributed by atoms with Crippen LogP contribution in [0.5, 0.6) is 0 Å². The molecule has 4 nitrogen and oxygen atoms in total. The molecular formula is C11H16BrNO3S2. The smallest absolute Gasteiger partial charge is 0.245 e. The van der Waals surface area contributed by atoms with Crippen molar-refractivity contribution >= 4 is 37.3 Å². The van der Waals surface area contributed by atoms with Crippen LogP contribution in [0.3, 0.4) is 0 Å². The topological polar surface area (TPSA) is 57.6 Å². The van der Waals surface area contributed by atoms with Crippen LogP contribution in [0.25, 0.3) is 0 Å². The largest absolute Gasteiger partial charge is 0.391 e. The first-order chi connectivity index (χ1) is 8.46. The van der Waals surface area contributed by atoms with E-state index in [9.17, 15) is 8.42 Å². The summed E-state index contributed by atoms with van der Waals surface area (Å²) in [5.74, 6) is 0. The molecule has 1 heterocycles. The van der Waals surface area contributed by atoms with Crippen LogP contribution in [0.15, 0.2) is 14.7 Å². The highest BCUT2D eigenvalue weighted by Crippen LogP contribution is 2.35. The van der Waals surface area contributed by atoms with E-state index in [1.54, 1.807) is 13.1 Å². The van der Waals surface area contributed by atoms with Gasteiger partial charge in [0.05, 0.1) is 10.4 Å². The highest BCUT2D eigenvalue weighted by atomic mass is 79.9. The summed E-state index contributed by atoms with van der Waals surface area (Å²) in [7, 11) is -1.81. The summed E-state index contributed by atoms with van der Waals surface area (Å²) >= 11 is 4.53. The average molecular weight is 354 g/mol. The van der Waals surface area contributed by atoms with Gasteiger partial charge in [-0.15, -0.1) is 11.3 Å². The van der Waals surface area contributed by atoms with Gasteiger partial charge in [-0.25, -0.2) is 8.42 Å². The fourth-order valence-corrected chi connectivity index (χ4v) is 6.18. The Hall–Kier alpha value is 0.0500. The number of aliphatic hydroxyl groups is 1. The Morgan fingerprint density at radius 3 is 2.61 bits per heavy atom. The van der Waals surface area contributed by atoms with Crippen molar-refractivity contribution in [3.05, 3.63) is 14.7 Å². The summed E-state index contributed by atoms with van der Waals surface area (Å²) in [5.41, 5.74) is 0. The van der Waals surface area contributed by atoms with Crippen LogP contribution >= 0.6 is 27.3 Å². The number of thiophene rings is 1.